The van der Waals surface area contributed by atoms with Crippen molar-refractivity contribution in [2.45, 2.75) is 33.2 Å². The second-order valence-electron chi connectivity index (χ2n) is 7.60. The molecule has 2 heterocycles. The van der Waals surface area contributed by atoms with Crippen molar-refractivity contribution in [3.05, 3.63) is 81.3 Å². The highest BCUT2D eigenvalue weighted by Crippen LogP contribution is 2.30. The molecule has 0 saturated heterocycles. The van der Waals surface area contributed by atoms with Crippen LogP contribution in [0, 0.1) is 26.6 Å². The molecule has 31 heavy (non-hydrogen) atoms. The summed E-state index contributed by atoms with van der Waals surface area (Å²) >= 11 is 5.86. The van der Waals surface area contributed by atoms with E-state index in [9.17, 15) is 4.39 Å². The molecular weight excluding hydrogens is 419 g/mol. The van der Waals surface area contributed by atoms with Crippen molar-refractivity contribution in [1.82, 2.24) is 15.7 Å². The zero-order valence-corrected chi connectivity index (χ0v) is 18.2. The van der Waals surface area contributed by atoms with Crippen LogP contribution in [-0.4, -0.2) is 28.7 Å². The van der Waals surface area contributed by atoms with Crippen LogP contribution in [0.2, 0.25) is 5.02 Å². The van der Waals surface area contributed by atoms with Gasteiger partial charge in [-0.25, -0.2) is 9.87 Å². The molecule has 0 radical (unpaired) electrons. The first-order valence-corrected chi connectivity index (χ1v) is 10.3. The largest absolute Gasteiger partial charge is 0.434 e. The number of nitrogens with one attached hydrogen (secondary N) is 1. The number of aromatic nitrogens is 2. The van der Waals surface area contributed by atoms with E-state index >= 15 is 0 Å². The van der Waals surface area contributed by atoms with E-state index in [1.54, 1.807) is 19.1 Å². The van der Waals surface area contributed by atoms with Gasteiger partial charge < -0.3 is 4.74 Å². The van der Waals surface area contributed by atoms with Gasteiger partial charge in [0, 0.05) is 0 Å². The van der Waals surface area contributed by atoms with Gasteiger partial charge in [0.2, 0.25) is 5.88 Å². The molecule has 1 atom stereocenters. The summed E-state index contributed by atoms with van der Waals surface area (Å²) in [5.74, 6) is -0.152. The summed E-state index contributed by atoms with van der Waals surface area (Å²) in [4.78, 5) is 10.4. The van der Waals surface area contributed by atoms with Crippen LogP contribution < -0.4 is 10.2 Å². The standard InChI is InChI=1S/C23H22ClFN4O2/c1-13-7-14(2)9-16(8-13)11-17-12-30-29-22(26-17)18-10-15(3)27-28-23(18)31-20-6-4-5-19(24)21(20)25/h4-10,17H,11-12H2,1-3H3,(H,26,29). The molecule has 0 saturated carbocycles. The summed E-state index contributed by atoms with van der Waals surface area (Å²) in [7, 11) is 0. The first-order chi connectivity index (χ1) is 14.9. The van der Waals surface area contributed by atoms with Gasteiger partial charge >= 0.3 is 0 Å². The summed E-state index contributed by atoms with van der Waals surface area (Å²) in [6.45, 7) is 6.38. The van der Waals surface area contributed by atoms with E-state index in [1.807, 2.05) is 0 Å². The Morgan fingerprint density at radius 1 is 1.13 bits per heavy atom. The van der Waals surface area contributed by atoms with Gasteiger partial charge in [0.05, 0.1) is 28.9 Å². The Hall–Kier alpha value is -3.03. The molecule has 160 valence electrons. The number of benzene rings is 2. The van der Waals surface area contributed by atoms with Crippen LogP contribution in [0.3, 0.4) is 0 Å². The average molecular weight is 441 g/mol. The molecule has 0 spiro atoms. The Labute approximate surface area is 185 Å². The van der Waals surface area contributed by atoms with E-state index < -0.39 is 5.82 Å². The third kappa shape index (κ3) is 5.00. The fourth-order valence-corrected chi connectivity index (χ4v) is 3.70. The summed E-state index contributed by atoms with van der Waals surface area (Å²) in [6.07, 6.45) is 0.726. The number of nitrogens with zero attached hydrogens (tertiary/aromatic N) is 3. The molecule has 1 aromatic heterocycles. The van der Waals surface area contributed by atoms with E-state index in [0.29, 0.717) is 23.7 Å². The number of amidine groups is 1. The van der Waals surface area contributed by atoms with Crippen LogP contribution in [0.4, 0.5) is 4.39 Å². The van der Waals surface area contributed by atoms with Gasteiger partial charge in [0.1, 0.15) is 0 Å². The lowest BCUT2D eigenvalue weighted by Crippen LogP contribution is -2.37. The van der Waals surface area contributed by atoms with E-state index in [4.69, 9.17) is 26.2 Å². The first kappa shape index (κ1) is 21.2. The third-order valence-corrected chi connectivity index (χ3v) is 5.06. The fraction of sp³-hybridized carbons (Fsp3) is 0.261. The molecular formula is C23H22ClFN4O2. The highest BCUT2D eigenvalue weighted by atomic mass is 35.5. The van der Waals surface area contributed by atoms with Crippen molar-refractivity contribution in [1.29, 1.82) is 0 Å². The molecule has 0 bridgehead atoms. The van der Waals surface area contributed by atoms with Crippen LogP contribution in [0.15, 0.2) is 47.5 Å². The molecule has 6 nitrogen and oxygen atoms in total. The van der Waals surface area contributed by atoms with E-state index in [-0.39, 0.29) is 22.7 Å². The summed E-state index contributed by atoms with van der Waals surface area (Å²) in [6, 6.07) is 12.6. The Morgan fingerprint density at radius 3 is 2.68 bits per heavy atom. The number of aliphatic imine (C=N–C) groups is 1. The normalized spacial score (nSPS) is 15.9. The van der Waals surface area contributed by atoms with Gasteiger partial charge in [-0.2, -0.15) is 5.10 Å². The second-order valence-corrected chi connectivity index (χ2v) is 8.01. The molecule has 1 N–H and O–H groups in total. The van der Waals surface area contributed by atoms with Crippen LogP contribution in [0.25, 0.3) is 0 Å². The molecule has 0 fully saturated rings. The van der Waals surface area contributed by atoms with Crippen LogP contribution in [0.5, 0.6) is 11.6 Å². The van der Waals surface area contributed by atoms with Gasteiger partial charge in [-0.1, -0.05) is 47.0 Å². The fourth-order valence-electron chi connectivity index (χ4n) is 3.53. The maximum Gasteiger partial charge on any atom is 0.250 e. The van der Waals surface area contributed by atoms with Crippen LogP contribution in [0.1, 0.15) is 27.9 Å². The maximum atomic E-state index is 14.3. The van der Waals surface area contributed by atoms with Gasteiger partial charge in [-0.15, -0.1) is 5.10 Å². The predicted molar refractivity (Wildman–Crippen MR) is 117 cm³/mol. The quantitative estimate of drug-likeness (QED) is 0.612. The molecule has 2 aromatic carbocycles. The molecule has 4 rings (SSSR count). The highest BCUT2D eigenvalue weighted by molar-refractivity contribution is 6.30. The number of hydroxylamine groups is 1. The van der Waals surface area contributed by atoms with E-state index in [1.165, 1.54) is 28.8 Å². The Balaban J connectivity index is 1.64. The van der Waals surface area contributed by atoms with Crippen molar-refractivity contribution < 1.29 is 14.0 Å². The van der Waals surface area contributed by atoms with Crippen LogP contribution >= 0.6 is 11.6 Å². The van der Waals surface area contributed by atoms with Gasteiger partial charge in [-0.3, -0.25) is 9.83 Å². The van der Waals surface area contributed by atoms with Crippen molar-refractivity contribution in [3.63, 3.8) is 0 Å². The van der Waals surface area contributed by atoms with E-state index in [2.05, 4.69) is 47.7 Å². The molecule has 1 aliphatic heterocycles. The van der Waals surface area contributed by atoms with Gasteiger partial charge in [0.25, 0.3) is 0 Å². The minimum absolute atomic E-state index is 0.0379. The van der Waals surface area contributed by atoms with Crippen molar-refractivity contribution in [2.75, 3.05) is 6.61 Å². The Morgan fingerprint density at radius 2 is 1.90 bits per heavy atom. The number of rotatable bonds is 5. The monoisotopic (exact) mass is 440 g/mol. The lowest BCUT2D eigenvalue weighted by molar-refractivity contribution is 0.0623. The highest BCUT2D eigenvalue weighted by Gasteiger charge is 2.22. The van der Waals surface area contributed by atoms with Crippen molar-refractivity contribution in [2.24, 2.45) is 4.99 Å². The summed E-state index contributed by atoms with van der Waals surface area (Å²) in [5.41, 5.74) is 7.64. The topological polar surface area (TPSA) is 68.6 Å². The lowest BCUT2D eigenvalue weighted by Gasteiger charge is -2.23. The number of hydrogen-bond donors (Lipinski definition) is 1. The first-order valence-electron chi connectivity index (χ1n) is 9.88. The zero-order chi connectivity index (χ0) is 22.0. The number of hydrogen-bond acceptors (Lipinski definition) is 6. The van der Waals surface area contributed by atoms with E-state index in [0.717, 1.165) is 6.42 Å². The SMILES string of the molecule is Cc1cc(C)cc(CC2CONC(c3cc(C)nnc3Oc3cccc(Cl)c3F)=N2)c1. The minimum Gasteiger partial charge on any atom is -0.434 e. The summed E-state index contributed by atoms with van der Waals surface area (Å²) < 4.78 is 20.0. The Kier molecular flexibility index (Phi) is 6.15. The second kappa shape index (κ2) is 8.99. The number of halogens is 2. The molecule has 0 aliphatic carbocycles. The summed E-state index contributed by atoms with van der Waals surface area (Å²) in [5, 5.41) is 8.09. The third-order valence-electron chi connectivity index (χ3n) is 4.77. The molecule has 8 heteroatoms. The Bertz CT molecular complexity index is 1130. The van der Waals surface area contributed by atoms with Crippen LogP contribution in [-0.2, 0) is 11.3 Å². The maximum absolute atomic E-state index is 14.3. The molecule has 0 amide bonds. The average Bonchev–Trinajstić information content (AvgIpc) is 2.72. The number of aryl methyl sites for hydroxylation is 3. The van der Waals surface area contributed by atoms with Gasteiger partial charge in [0.15, 0.2) is 17.4 Å². The smallest absolute Gasteiger partial charge is 0.250 e. The van der Waals surface area contributed by atoms with Crippen molar-refractivity contribution >= 4 is 17.4 Å². The molecule has 1 unspecified atom stereocenters. The van der Waals surface area contributed by atoms with Gasteiger partial charge in [-0.05, 0) is 51.0 Å². The number of ether oxygens (including phenoxy) is 1. The zero-order valence-electron chi connectivity index (χ0n) is 17.4. The molecule has 3 aromatic rings. The predicted octanol–water partition coefficient (Wildman–Crippen LogP) is 4.88. The minimum atomic E-state index is -0.667. The molecule has 1 aliphatic rings. The lowest BCUT2D eigenvalue weighted by atomic mass is 10.0. The van der Waals surface area contributed by atoms with Crippen molar-refractivity contribution in [3.8, 4) is 11.6 Å².